The third kappa shape index (κ3) is 3.07. The van der Waals surface area contributed by atoms with E-state index >= 15 is 0 Å². The van der Waals surface area contributed by atoms with Crippen molar-refractivity contribution in [3.05, 3.63) is 28.7 Å². The van der Waals surface area contributed by atoms with Crippen molar-refractivity contribution in [2.24, 2.45) is 0 Å². The van der Waals surface area contributed by atoms with Crippen LogP contribution in [0.1, 0.15) is 6.42 Å². The quantitative estimate of drug-likeness (QED) is 0.917. The highest BCUT2D eigenvalue weighted by Gasteiger charge is 2.26. The first kappa shape index (κ1) is 13.0. The van der Waals surface area contributed by atoms with Crippen LogP contribution in [0.15, 0.2) is 33.6 Å². The molecule has 1 aliphatic heterocycles. The zero-order valence-electron chi connectivity index (χ0n) is 9.56. The van der Waals surface area contributed by atoms with Crippen LogP contribution >= 0.6 is 15.9 Å². The SMILES string of the molecule is CN1CCC(NS(=O)(=O)c2ccccc2Br)C1. The summed E-state index contributed by atoms with van der Waals surface area (Å²) >= 11 is 3.26. The second kappa shape index (κ2) is 5.06. The summed E-state index contributed by atoms with van der Waals surface area (Å²) in [5.74, 6) is 0. The van der Waals surface area contributed by atoms with E-state index in [4.69, 9.17) is 0 Å². The van der Waals surface area contributed by atoms with Crippen molar-refractivity contribution in [3.8, 4) is 0 Å². The number of nitrogens with zero attached hydrogens (tertiary/aromatic N) is 1. The second-order valence-electron chi connectivity index (χ2n) is 4.30. The van der Waals surface area contributed by atoms with E-state index in [2.05, 4.69) is 25.6 Å². The molecular formula is C11H15BrN2O2S. The number of hydrogen-bond acceptors (Lipinski definition) is 3. The molecule has 0 bridgehead atoms. The summed E-state index contributed by atoms with van der Waals surface area (Å²) in [6, 6.07) is 6.87. The Hall–Kier alpha value is -0.430. The van der Waals surface area contributed by atoms with Gasteiger partial charge < -0.3 is 4.90 Å². The number of benzene rings is 1. The van der Waals surface area contributed by atoms with Crippen molar-refractivity contribution in [2.75, 3.05) is 20.1 Å². The normalized spacial score (nSPS) is 21.9. The lowest BCUT2D eigenvalue weighted by Gasteiger charge is -2.14. The topological polar surface area (TPSA) is 49.4 Å². The molecule has 1 heterocycles. The molecule has 1 atom stereocenters. The molecule has 1 unspecified atom stereocenters. The Bertz CT molecular complexity index is 504. The van der Waals surface area contributed by atoms with Gasteiger partial charge in [-0.1, -0.05) is 12.1 Å². The zero-order chi connectivity index (χ0) is 12.5. The number of likely N-dealkylation sites (tertiary alicyclic amines) is 1. The van der Waals surface area contributed by atoms with Gasteiger partial charge in [0.1, 0.15) is 0 Å². The Kier molecular flexibility index (Phi) is 3.87. The summed E-state index contributed by atoms with van der Waals surface area (Å²) in [5, 5.41) is 0. The lowest BCUT2D eigenvalue weighted by Crippen LogP contribution is -2.36. The van der Waals surface area contributed by atoms with Crippen molar-refractivity contribution in [2.45, 2.75) is 17.4 Å². The van der Waals surface area contributed by atoms with Crippen LogP contribution in [0.3, 0.4) is 0 Å². The molecule has 1 aromatic rings. The molecule has 0 aromatic heterocycles. The van der Waals surface area contributed by atoms with Gasteiger partial charge in [-0.25, -0.2) is 13.1 Å². The predicted molar refractivity (Wildman–Crippen MR) is 70.4 cm³/mol. The maximum atomic E-state index is 12.2. The van der Waals surface area contributed by atoms with Crippen molar-refractivity contribution < 1.29 is 8.42 Å². The number of sulfonamides is 1. The summed E-state index contributed by atoms with van der Waals surface area (Å²) in [6.45, 7) is 1.70. The molecule has 0 spiro atoms. The average Bonchev–Trinajstić information content (AvgIpc) is 2.63. The van der Waals surface area contributed by atoms with Crippen LogP contribution in [0, 0.1) is 0 Å². The third-order valence-electron chi connectivity index (χ3n) is 2.84. The van der Waals surface area contributed by atoms with Crippen LogP contribution in [0.4, 0.5) is 0 Å². The Labute approximate surface area is 110 Å². The molecule has 94 valence electrons. The van der Waals surface area contributed by atoms with Crippen LogP contribution in [0.5, 0.6) is 0 Å². The van der Waals surface area contributed by atoms with Gasteiger partial charge in [-0.2, -0.15) is 0 Å². The number of likely N-dealkylation sites (N-methyl/N-ethyl adjacent to an activating group) is 1. The highest BCUT2D eigenvalue weighted by Crippen LogP contribution is 2.22. The molecule has 4 nitrogen and oxygen atoms in total. The van der Waals surface area contributed by atoms with Gasteiger partial charge in [0.05, 0.1) is 4.90 Å². The molecule has 6 heteroatoms. The molecule has 0 radical (unpaired) electrons. The summed E-state index contributed by atoms with van der Waals surface area (Å²) in [7, 11) is -1.43. The number of nitrogens with one attached hydrogen (secondary N) is 1. The molecule has 1 aliphatic rings. The van der Waals surface area contributed by atoms with E-state index in [-0.39, 0.29) is 6.04 Å². The van der Waals surface area contributed by atoms with E-state index in [1.807, 2.05) is 7.05 Å². The first-order chi connectivity index (χ1) is 7.99. The van der Waals surface area contributed by atoms with Gasteiger partial charge in [-0.3, -0.25) is 0 Å². The fraction of sp³-hybridized carbons (Fsp3) is 0.455. The molecule has 2 rings (SSSR count). The van der Waals surface area contributed by atoms with Gasteiger partial charge in [0.2, 0.25) is 10.0 Å². The van der Waals surface area contributed by atoms with Gasteiger partial charge in [0.25, 0.3) is 0 Å². The Balaban J connectivity index is 2.17. The first-order valence-corrected chi connectivity index (χ1v) is 7.72. The molecule has 1 N–H and O–H groups in total. The Morgan fingerprint density at radius 2 is 2.12 bits per heavy atom. The predicted octanol–water partition coefficient (Wildman–Crippen LogP) is 1.43. The highest BCUT2D eigenvalue weighted by atomic mass is 79.9. The van der Waals surface area contributed by atoms with Crippen molar-refractivity contribution in [3.63, 3.8) is 0 Å². The van der Waals surface area contributed by atoms with Crippen molar-refractivity contribution in [1.82, 2.24) is 9.62 Å². The number of rotatable bonds is 3. The van der Waals surface area contributed by atoms with Crippen LogP contribution in [0.2, 0.25) is 0 Å². The van der Waals surface area contributed by atoms with Crippen LogP contribution in [-0.2, 0) is 10.0 Å². The van der Waals surface area contributed by atoms with E-state index in [1.54, 1.807) is 24.3 Å². The first-order valence-electron chi connectivity index (χ1n) is 5.44. The van der Waals surface area contributed by atoms with E-state index in [1.165, 1.54) is 0 Å². The Morgan fingerprint density at radius 3 is 2.71 bits per heavy atom. The zero-order valence-corrected chi connectivity index (χ0v) is 12.0. The van der Waals surface area contributed by atoms with Gasteiger partial charge in [-0.05, 0) is 48.1 Å². The van der Waals surface area contributed by atoms with Gasteiger partial charge in [-0.15, -0.1) is 0 Å². The third-order valence-corrected chi connectivity index (χ3v) is 5.37. The fourth-order valence-electron chi connectivity index (χ4n) is 1.98. The number of hydrogen-bond donors (Lipinski definition) is 1. The summed E-state index contributed by atoms with van der Waals surface area (Å²) in [6.07, 6.45) is 0.861. The van der Waals surface area contributed by atoms with E-state index in [0.717, 1.165) is 19.5 Å². The molecule has 17 heavy (non-hydrogen) atoms. The van der Waals surface area contributed by atoms with Gasteiger partial charge >= 0.3 is 0 Å². The molecule has 0 saturated carbocycles. The largest absolute Gasteiger partial charge is 0.305 e. The van der Waals surface area contributed by atoms with E-state index in [9.17, 15) is 8.42 Å². The maximum Gasteiger partial charge on any atom is 0.241 e. The van der Waals surface area contributed by atoms with Crippen LogP contribution < -0.4 is 4.72 Å². The summed E-state index contributed by atoms with van der Waals surface area (Å²) < 4.78 is 27.7. The second-order valence-corrected chi connectivity index (χ2v) is 6.84. The van der Waals surface area contributed by atoms with E-state index < -0.39 is 10.0 Å². The molecule has 1 saturated heterocycles. The molecule has 0 aliphatic carbocycles. The smallest absolute Gasteiger partial charge is 0.241 e. The molecule has 1 aromatic carbocycles. The van der Waals surface area contributed by atoms with Crippen molar-refractivity contribution in [1.29, 1.82) is 0 Å². The van der Waals surface area contributed by atoms with Crippen LogP contribution in [0.25, 0.3) is 0 Å². The monoisotopic (exact) mass is 318 g/mol. The van der Waals surface area contributed by atoms with E-state index in [0.29, 0.717) is 9.37 Å². The summed E-state index contributed by atoms with van der Waals surface area (Å²) in [5.41, 5.74) is 0. The lowest BCUT2D eigenvalue weighted by atomic mass is 10.3. The number of halogens is 1. The molecular weight excluding hydrogens is 304 g/mol. The maximum absolute atomic E-state index is 12.2. The summed E-state index contributed by atoms with van der Waals surface area (Å²) in [4.78, 5) is 2.42. The highest BCUT2D eigenvalue weighted by molar-refractivity contribution is 9.10. The fourth-order valence-corrected chi connectivity index (χ4v) is 4.24. The van der Waals surface area contributed by atoms with Gasteiger partial charge in [0.15, 0.2) is 0 Å². The molecule has 1 fully saturated rings. The lowest BCUT2D eigenvalue weighted by molar-refractivity contribution is 0.407. The standard InChI is InChI=1S/C11H15BrN2O2S/c1-14-7-6-9(8-14)13-17(15,16)11-5-3-2-4-10(11)12/h2-5,9,13H,6-8H2,1H3. The van der Waals surface area contributed by atoms with Gasteiger partial charge in [0, 0.05) is 17.1 Å². The minimum absolute atomic E-state index is 0.0112. The van der Waals surface area contributed by atoms with Crippen LogP contribution in [-0.4, -0.2) is 39.5 Å². The Morgan fingerprint density at radius 1 is 1.41 bits per heavy atom. The minimum Gasteiger partial charge on any atom is -0.305 e. The minimum atomic E-state index is -3.42. The average molecular weight is 319 g/mol. The molecule has 0 amide bonds. The van der Waals surface area contributed by atoms with Crippen molar-refractivity contribution >= 4 is 26.0 Å².